The molecule has 0 bridgehead atoms. The minimum Gasteiger partial charge on any atom is -0.480 e. The lowest BCUT2D eigenvalue weighted by Gasteiger charge is -2.18. The average Bonchev–Trinajstić information content (AvgIpc) is 2.68. The summed E-state index contributed by atoms with van der Waals surface area (Å²) in [5.74, 6) is -1.74. The van der Waals surface area contributed by atoms with Gasteiger partial charge < -0.3 is 5.11 Å². The summed E-state index contributed by atoms with van der Waals surface area (Å²) in [6, 6.07) is 6.69. The summed E-state index contributed by atoms with van der Waals surface area (Å²) in [5, 5.41) is 8.90. The monoisotopic (exact) mass is 339 g/mol. The quantitative estimate of drug-likeness (QED) is 0.658. The average molecular weight is 340 g/mol. The van der Waals surface area contributed by atoms with Crippen LogP contribution in [-0.4, -0.2) is 39.2 Å². The van der Waals surface area contributed by atoms with E-state index in [9.17, 15) is 14.4 Å². The number of benzene rings is 1. The van der Waals surface area contributed by atoms with Crippen molar-refractivity contribution in [1.82, 2.24) is 4.90 Å². The van der Waals surface area contributed by atoms with E-state index in [4.69, 9.17) is 5.11 Å². The van der Waals surface area contributed by atoms with Crippen molar-refractivity contribution in [1.29, 1.82) is 0 Å². The number of aliphatic carboxylic acids is 1. The van der Waals surface area contributed by atoms with Crippen LogP contribution in [0.2, 0.25) is 0 Å². The fraction of sp³-hybridized carbons (Fsp3) is 0.357. The van der Waals surface area contributed by atoms with Gasteiger partial charge in [-0.2, -0.15) is 0 Å². The molecule has 1 aromatic carbocycles. The second-order valence-corrected chi connectivity index (χ2v) is 5.80. The minimum atomic E-state index is -0.945. The first-order valence-corrected chi connectivity index (χ1v) is 7.17. The maximum absolute atomic E-state index is 12.1. The van der Waals surface area contributed by atoms with Crippen molar-refractivity contribution in [3.8, 4) is 0 Å². The number of alkyl halides is 1. The fourth-order valence-corrected chi connectivity index (χ4v) is 2.43. The first-order chi connectivity index (χ1) is 9.43. The number of hydrogen-bond acceptors (Lipinski definition) is 3. The summed E-state index contributed by atoms with van der Waals surface area (Å²) < 4.78 is 0. The van der Waals surface area contributed by atoms with Gasteiger partial charge in [0.2, 0.25) is 0 Å². The molecule has 0 spiro atoms. The number of carbonyl (C=O) groups excluding carboxylic acids is 2. The zero-order chi connectivity index (χ0) is 14.9. The Morgan fingerprint density at radius 3 is 2.20 bits per heavy atom. The summed E-state index contributed by atoms with van der Waals surface area (Å²) in [6.07, 6.45) is 0.438. The van der Waals surface area contributed by atoms with Crippen molar-refractivity contribution in [2.45, 2.75) is 18.2 Å². The van der Waals surface area contributed by atoms with Gasteiger partial charge in [-0.3, -0.25) is 19.3 Å². The molecule has 0 radical (unpaired) electrons. The van der Waals surface area contributed by atoms with Gasteiger partial charge in [0.1, 0.15) is 4.83 Å². The first kappa shape index (κ1) is 14.7. The number of rotatable bonds is 5. The van der Waals surface area contributed by atoms with Crippen LogP contribution in [0.5, 0.6) is 0 Å². The van der Waals surface area contributed by atoms with Crippen LogP contribution in [0.25, 0.3) is 0 Å². The fourth-order valence-electron chi connectivity index (χ4n) is 2.16. The van der Waals surface area contributed by atoms with Gasteiger partial charge in [0.25, 0.3) is 11.8 Å². The number of halogens is 1. The van der Waals surface area contributed by atoms with E-state index in [2.05, 4.69) is 15.9 Å². The topological polar surface area (TPSA) is 74.7 Å². The smallest absolute Gasteiger partial charge is 0.317 e. The molecule has 1 aliphatic rings. The van der Waals surface area contributed by atoms with Crippen LogP contribution in [0.15, 0.2) is 24.3 Å². The van der Waals surface area contributed by atoms with Gasteiger partial charge in [0.05, 0.1) is 11.1 Å². The van der Waals surface area contributed by atoms with Crippen LogP contribution < -0.4 is 0 Å². The number of carbonyl (C=O) groups is 3. The van der Waals surface area contributed by atoms with Crippen LogP contribution in [0.3, 0.4) is 0 Å². The summed E-state index contributed by atoms with van der Waals surface area (Å²) in [5.41, 5.74) is 0.831. The van der Waals surface area contributed by atoms with Gasteiger partial charge in [-0.1, -0.05) is 35.0 Å². The number of carboxylic acids is 1. The van der Waals surface area contributed by atoms with Crippen molar-refractivity contribution < 1.29 is 19.5 Å². The predicted molar refractivity (Wildman–Crippen MR) is 75.9 cm³/mol. The second-order valence-electron chi connectivity index (χ2n) is 4.81. The summed E-state index contributed by atoms with van der Waals surface area (Å²) in [7, 11) is 0. The Morgan fingerprint density at radius 2 is 1.75 bits per heavy atom. The number of fused-ring (bicyclic) bond motifs is 1. The molecule has 1 aromatic rings. The van der Waals surface area contributed by atoms with Gasteiger partial charge in [0, 0.05) is 6.54 Å². The summed E-state index contributed by atoms with van der Waals surface area (Å²) in [6.45, 7) is 1.99. The van der Waals surface area contributed by atoms with Gasteiger partial charge >= 0.3 is 5.97 Å². The molecule has 2 atom stereocenters. The number of hydrogen-bond donors (Lipinski definition) is 1. The molecule has 1 aliphatic heterocycles. The van der Waals surface area contributed by atoms with Gasteiger partial charge in [-0.05, 0) is 24.5 Å². The molecule has 0 aromatic heterocycles. The lowest BCUT2D eigenvalue weighted by Crippen LogP contribution is -2.33. The van der Waals surface area contributed by atoms with Gasteiger partial charge in [-0.25, -0.2) is 0 Å². The van der Waals surface area contributed by atoms with Crippen LogP contribution in [0.4, 0.5) is 0 Å². The third-order valence-electron chi connectivity index (χ3n) is 3.42. The van der Waals surface area contributed by atoms with Crippen LogP contribution in [0, 0.1) is 5.92 Å². The number of carboxylic acid groups (broad SMARTS) is 1. The molecule has 0 aliphatic carbocycles. The van der Waals surface area contributed by atoms with E-state index >= 15 is 0 Å². The molecule has 0 saturated heterocycles. The summed E-state index contributed by atoms with van der Waals surface area (Å²) >= 11 is 3.09. The molecular formula is C14H14BrNO4. The van der Waals surface area contributed by atoms with Crippen LogP contribution >= 0.6 is 15.9 Å². The number of amides is 2. The van der Waals surface area contributed by atoms with Gasteiger partial charge in [0.15, 0.2) is 0 Å². The molecule has 2 unspecified atom stereocenters. The first-order valence-electron chi connectivity index (χ1n) is 6.25. The minimum absolute atomic E-state index is 0.184. The lowest BCUT2D eigenvalue weighted by atomic mass is 10.0. The normalized spacial score (nSPS) is 17.0. The number of imide groups is 1. The van der Waals surface area contributed by atoms with Crippen molar-refractivity contribution >= 4 is 33.7 Å². The van der Waals surface area contributed by atoms with E-state index in [1.165, 1.54) is 4.90 Å². The molecule has 0 fully saturated rings. The number of nitrogens with zero attached hydrogens (tertiary/aromatic N) is 1. The van der Waals surface area contributed by atoms with E-state index in [1.807, 2.05) is 0 Å². The molecule has 1 N–H and O–H groups in total. The van der Waals surface area contributed by atoms with Crippen LogP contribution in [-0.2, 0) is 4.79 Å². The van der Waals surface area contributed by atoms with E-state index in [0.717, 1.165) is 0 Å². The molecule has 20 heavy (non-hydrogen) atoms. The summed E-state index contributed by atoms with van der Waals surface area (Å²) in [4.78, 5) is 35.6. The Kier molecular flexibility index (Phi) is 4.23. The highest BCUT2D eigenvalue weighted by Gasteiger charge is 2.35. The van der Waals surface area contributed by atoms with Crippen molar-refractivity contribution in [2.24, 2.45) is 5.92 Å². The van der Waals surface area contributed by atoms with Crippen LogP contribution in [0.1, 0.15) is 34.1 Å². The van der Waals surface area contributed by atoms with E-state index in [0.29, 0.717) is 17.5 Å². The lowest BCUT2D eigenvalue weighted by molar-refractivity contribution is -0.137. The third kappa shape index (κ3) is 2.60. The third-order valence-corrected chi connectivity index (χ3v) is 4.72. The maximum atomic E-state index is 12.1. The Bertz CT molecular complexity index is 537. The van der Waals surface area contributed by atoms with E-state index in [-0.39, 0.29) is 24.3 Å². The Labute approximate surface area is 124 Å². The van der Waals surface area contributed by atoms with Crippen molar-refractivity contribution in [3.63, 3.8) is 0 Å². The largest absolute Gasteiger partial charge is 0.480 e. The second kappa shape index (κ2) is 5.75. The van der Waals surface area contributed by atoms with E-state index in [1.54, 1.807) is 31.2 Å². The van der Waals surface area contributed by atoms with Crippen molar-refractivity contribution in [2.75, 3.05) is 6.54 Å². The predicted octanol–water partition coefficient (Wildman–Crippen LogP) is 2.16. The van der Waals surface area contributed by atoms with Crippen molar-refractivity contribution in [3.05, 3.63) is 35.4 Å². The van der Waals surface area contributed by atoms with E-state index < -0.39 is 10.8 Å². The molecular weight excluding hydrogens is 326 g/mol. The Balaban J connectivity index is 2.04. The Morgan fingerprint density at radius 1 is 1.25 bits per heavy atom. The Hall–Kier alpha value is -1.69. The highest BCUT2D eigenvalue weighted by Crippen LogP contribution is 2.24. The molecule has 6 heteroatoms. The highest BCUT2D eigenvalue weighted by atomic mass is 79.9. The zero-order valence-corrected chi connectivity index (χ0v) is 12.5. The molecule has 1 heterocycles. The SMILES string of the molecule is CC(CCN1C(=O)c2ccccc2C1=O)C(Br)C(=O)O. The molecule has 106 valence electrons. The standard InChI is InChI=1S/C14H14BrNO4/c1-8(11(15)14(19)20)6-7-16-12(17)9-4-2-3-5-10(9)13(16)18/h2-5,8,11H,6-7H2,1H3,(H,19,20). The molecule has 5 nitrogen and oxygen atoms in total. The zero-order valence-electron chi connectivity index (χ0n) is 10.9. The molecule has 2 rings (SSSR count). The highest BCUT2D eigenvalue weighted by molar-refractivity contribution is 9.10. The molecule has 0 saturated carbocycles. The molecule has 2 amide bonds. The van der Waals surface area contributed by atoms with Gasteiger partial charge in [-0.15, -0.1) is 0 Å². The maximum Gasteiger partial charge on any atom is 0.317 e.